The molecule has 2 N–H and O–H groups in total. The summed E-state index contributed by atoms with van der Waals surface area (Å²) in [5.74, 6) is 0.853. The second-order valence-corrected chi connectivity index (χ2v) is 8.57. The quantitative estimate of drug-likeness (QED) is 0.653. The Labute approximate surface area is 136 Å². The van der Waals surface area contributed by atoms with E-state index in [0.717, 1.165) is 22.9 Å². The fourth-order valence-electron chi connectivity index (χ4n) is 2.84. The van der Waals surface area contributed by atoms with E-state index in [1.165, 1.54) is 11.4 Å². The molecule has 1 aromatic heterocycles. The minimum absolute atomic E-state index is 0.158. The normalized spacial score (nSPS) is 19.3. The van der Waals surface area contributed by atoms with Crippen molar-refractivity contribution in [1.29, 1.82) is 0 Å². The Kier molecular flexibility index (Phi) is 4.93. The smallest absolute Gasteiger partial charge is 0.174 e. The van der Waals surface area contributed by atoms with Gasteiger partial charge in [-0.2, -0.15) is 0 Å². The summed E-state index contributed by atoms with van der Waals surface area (Å²) in [4.78, 5) is 16.3. The molecule has 1 fully saturated rings. The Hall–Kier alpha value is -0.680. The van der Waals surface area contributed by atoms with E-state index >= 15 is 0 Å². The molecule has 0 radical (unpaired) electrons. The monoisotopic (exact) mass is 326 g/mol. The van der Waals surface area contributed by atoms with Crippen LogP contribution in [0.2, 0.25) is 0 Å². The van der Waals surface area contributed by atoms with Crippen LogP contribution in [0, 0.1) is 11.3 Å². The zero-order valence-corrected chi connectivity index (χ0v) is 15.3. The number of carbonyl (C=O) groups excluding carboxylic acids is 1. The van der Waals surface area contributed by atoms with Gasteiger partial charge in [-0.15, -0.1) is 23.1 Å². The van der Waals surface area contributed by atoms with Gasteiger partial charge in [0.05, 0.1) is 15.5 Å². The minimum Gasteiger partial charge on any atom is -0.396 e. The summed E-state index contributed by atoms with van der Waals surface area (Å²) in [6.45, 7) is 11.0. The maximum Gasteiger partial charge on any atom is 0.174 e. The van der Waals surface area contributed by atoms with Gasteiger partial charge in [0, 0.05) is 19.5 Å². The number of carbonyl (C=O) groups is 1. The third-order valence-corrected chi connectivity index (χ3v) is 6.62. The molecule has 1 aliphatic heterocycles. The number of hydrogen-bond acceptors (Lipinski definition) is 5. The summed E-state index contributed by atoms with van der Waals surface area (Å²) in [5.41, 5.74) is 7.24. The van der Waals surface area contributed by atoms with Gasteiger partial charge in [0.1, 0.15) is 5.00 Å². The maximum absolute atomic E-state index is 12.1. The maximum atomic E-state index is 12.1. The molecule has 1 aromatic rings. The van der Waals surface area contributed by atoms with Crippen molar-refractivity contribution in [2.45, 2.75) is 45.4 Å². The van der Waals surface area contributed by atoms with Gasteiger partial charge in [0.2, 0.25) is 0 Å². The van der Waals surface area contributed by atoms with Crippen LogP contribution in [0.25, 0.3) is 0 Å². The molecule has 1 saturated heterocycles. The summed E-state index contributed by atoms with van der Waals surface area (Å²) < 4.78 is 0. The number of thiophene rings is 1. The SMILES string of the molecule is CCC(=O)c1sc(N2CCC(C(C)(C)C)C2)c(SC)c1N. The van der Waals surface area contributed by atoms with Crippen molar-refractivity contribution in [3.05, 3.63) is 4.88 Å². The van der Waals surface area contributed by atoms with Crippen LogP contribution in [-0.4, -0.2) is 25.1 Å². The van der Waals surface area contributed by atoms with Crippen molar-refractivity contribution in [3.63, 3.8) is 0 Å². The van der Waals surface area contributed by atoms with Gasteiger partial charge in [-0.05, 0) is 24.0 Å². The van der Waals surface area contributed by atoms with E-state index in [0.29, 0.717) is 23.4 Å². The number of hydrogen-bond donors (Lipinski definition) is 1. The first kappa shape index (κ1) is 16.7. The Morgan fingerprint density at radius 2 is 2.14 bits per heavy atom. The summed E-state index contributed by atoms with van der Waals surface area (Å²) in [6, 6.07) is 0. The zero-order chi connectivity index (χ0) is 15.8. The van der Waals surface area contributed by atoms with Crippen LogP contribution in [0.1, 0.15) is 50.2 Å². The Morgan fingerprint density at radius 1 is 1.48 bits per heavy atom. The van der Waals surface area contributed by atoms with E-state index < -0.39 is 0 Å². The number of nitrogen functional groups attached to an aromatic ring is 1. The third kappa shape index (κ3) is 3.24. The molecule has 2 rings (SSSR count). The fourth-order valence-corrected chi connectivity index (χ4v) is 5.07. The van der Waals surface area contributed by atoms with Crippen LogP contribution in [0.3, 0.4) is 0 Å². The highest BCUT2D eigenvalue weighted by Crippen LogP contribution is 2.47. The van der Waals surface area contributed by atoms with Crippen molar-refractivity contribution < 1.29 is 4.79 Å². The van der Waals surface area contributed by atoms with Gasteiger partial charge in [0.15, 0.2) is 5.78 Å². The van der Waals surface area contributed by atoms with Crippen molar-refractivity contribution in [2.24, 2.45) is 11.3 Å². The van der Waals surface area contributed by atoms with Gasteiger partial charge in [-0.25, -0.2) is 0 Å². The number of Topliss-reactive ketones (excluding diaryl/α,β-unsaturated/α-hetero) is 1. The summed E-state index contributed by atoms with van der Waals surface area (Å²) >= 11 is 3.24. The molecule has 21 heavy (non-hydrogen) atoms. The average Bonchev–Trinajstić information content (AvgIpc) is 3.01. The minimum atomic E-state index is 0.158. The summed E-state index contributed by atoms with van der Waals surface area (Å²) in [5, 5.41) is 1.20. The number of nitrogens with zero attached hydrogens (tertiary/aromatic N) is 1. The van der Waals surface area contributed by atoms with Crippen molar-refractivity contribution in [1.82, 2.24) is 0 Å². The lowest BCUT2D eigenvalue weighted by Crippen LogP contribution is -2.25. The van der Waals surface area contributed by atoms with Gasteiger partial charge >= 0.3 is 0 Å². The van der Waals surface area contributed by atoms with Crippen molar-refractivity contribution >= 4 is 39.6 Å². The number of anilines is 2. The first-order valence-corrected chi connectivity index (χ1v) is 9.58. The van der Waals surface area contributed by atoms with Crippen LogP contribution in [0.5, 0.6) is 0 Å². The van der Waals surface area contributed by atoms with E-state index in [1.54, 1.807) is 23.1 Å². The van der Waals surface area contributed by atoms with Gasteiger partial charge in [0.25, 0.3) is 0 Å². The first-order chi connectivity index (χ1) is 9.79. The molecule has 1 atom stereocenters. The fraction of sp³-hybridized carbons (Fsp3) is 0.688. The predicted octanol–water partition coefficient (Wildman–Crippen LogP) is 4.52. The average molecular weight is 327 g/mol. The largest absolute Gasteiger partial charge is 0.396 e. The lowest BCUT2D eigenvalue weighted by atomic mass is 9.80. The topological polar surface area (TPSA) is 46.3 Å². The molecule has 5 heteroatoms. The van der Waals surface area contributed by atoms with E-state index in [9.17, 15) is 4.79 Å². The third-order valence-electron chi connectivity index (χ3n) is 4.36. The first-order valence-electron chi connectivity index (χ1n) is 7.54. The molecule has 0 spiro atoms. The molecule has 0 amide bonds. The van der Waals surface area contributed by atoms with Crippen molar-refractivity contribution in [2.75, 3.05) is 30.0 Å². The molecule has 0 bridgehead atoms. The molecule has 118 valence electrons. The molecule has 0 aliphatic carbocycles. The molecule has 3 nitrogen and oxygen atoms in total. The Bertz CT molecular complexity index is 531. The summed E-state index contributed by atoms with van der Waals surface area (Å²) in [6.07, 6.45) is 3.77. The van der Waals surface area contributed by atoms with Gasteiger partial charge in [-0.3, -0.25) is 4.79 Å². The zero-order valence-electron chi connectivity index (χ0n) is 13.7. The van der Waals surface area contributed by atoms with Crippen LogP contribution < -0.4 is 10.6 Å². The highest BCUT2D eigenvalue weighted by atomic mass is 32.2. The van der Waals surface area contributed by atoms with Crippen LogP contribution in [0.15, 0.2) is 4.90 Å². The van der Waals surface area contributed by atoms with E-state index in [1.807, 2.05) is 13.2 Å². The number of ketones is 1. The lowest BCUT2D eigenvalue weighted by molar-refractivity contribution is 0.0992. The molecular formula is C16H26N2OS2. The number of rotatable bonds is 4. The molecule has 1 unspecified atom stereocenters. The molecule has 1 aliphatic rings. The molecule has 2 heterocycles. The second kappa shape index (κ2) is 6.21. The summed E-state index contributed by atoms with van der Waals surface area (Å²) in [7, 11) is 0. The Morgan fingerprint density at radius 3 is 2.62 bits per heavy atom. The van der Waals surface area contributed by atoms with E-state index in [2.05, 4.69) is 25.7 Å². The predicted molar refractivity (Wildman–Crippen MR) is 94.9 cm³/mol. The second-order valence-electron chi connectivity index (χ2n) is 6.76. The lowest BCUT2D eigenvalue weighted by Gasteiger charge is -2.27. The molecular weight excluding hydrogens is 300 g/mol. The highest BCUT2D eigenvalue weighted by Gasteiger charge is 2.34. The van der Waals surface area contributed by atoms with E-state index in [-0.39, 0.29) is 5.78 Å². The van der Waals surface area contributed by atoms with Crippen molar-refractivity contribution in [3.8, 4) is 0 Å². The van der Waals surface area contributed by atoms with E-state index in [4.69, 9.17) is 5.73 Å². The van der Waals surface area contributed by atoms with Gasteiger partial charge in [-0.1, -0.05) is 27.7 Å². The highest BCUT2D eigenvalue weighted by molar-refractivity contribution is 7.99. The standard InChI is InChI=1S/C16H26N2OS2/c1-6-11(19)13-12(17)14(20-5)15(21-13)18-8-7-10(9-18)16(2,3)4/h10H,6-9,17H2,1-5H3. The van der Waals surface area contributed by atoms with Crippen LogP contribution in [-0.2, 0) is 0 Å². The number of thioether (sulfide) groups is 1. The van der Waals surface area contributed by atoms with Crippen LogP contribution >= 0.6 is 23.1 Å². The van der Waals surface area contributed by atoms with Crippen LogP contribution in [0.4, 0.5) is 10.7 Å². The molecule has 0 saturated carbocycles. The Balaban J connectivity index is 2.31. The molecule has 0 aromatic carbocycles. The van der Waals surface area contributed by atoms with Gasteiger partial charge < -0.3 is 10.6 Å². The number of nitrogens with two attached hydrogens (primary N) is 1.